The van der Waals surface area contributed by atoms with E-state index in [9.17, 15) is 33.9 Å². The summed E-state index contributed by atoms with van der Waals surface area (Å²) in [5.41, 5.74) is 9.57. The molecule has 5 atom stereocenters. The minimum Gasteiger partial charge on any atom is -0.480 e. The molecule has 1 aliphatic rings. The normalized spacial score (nSPS) is 17.2. The summed E-state index contributed by atoms with van der Waals surface area (Å²) in [4.78, 5) is 75.2. The minimum absolute atomic E-state index is 0.103. The van der Waals surface area contributed by atoms with Crippen molar-refractivity contribution in [1.82, 2.24) is 26.4 Å². The van der Waals surface area contributed by atoms with Crippen LogP contribution in [0.2, 0.25) is 0 Å². The number of hydrogen-bond donors (Lipinski definition) is 6. The SMILES string of the molecule is CC(C)[C@H](NCCCc1ccccc1)C(=O)N[C@@H](C)C(=O)NN(CC(=O)O)C(=O)[C@@H]1O[C@H]1C(=O)N[C@@H](Cc1ccccc1)C(N)=O. The molecule has 0 spiro atoms. The molecule has 1 heterocycles. The highest BCUT2D eigenvalue weighted by Crippen LogP contribution is 2.24. The van der Waals surface area contributed by atoms with Gasteiger partial charge < -0.3 is 31.5 Å². The van der Waals surface area contributed by atoms with Gasteiger partial charge in [0, 0.05) is 6.42 Å². The smallest absolute Gasteiger partial charge is 0.325 e. The summed E-state index contributed by atoms with van der Waals surface area (Å²) in [7, 11) is 0. The Labute approximate surface area is 267 Å². The van der Waals surface area contributed by atoms with Crippen molar-refractivity contribution < 1.29 is 38.6 Å². The highest BCUT2D eigenvalue weighted by molar-refractivity contribution is 5.98. The van der Waals surface area contributed by atoms with Crippen molar-refractivity contribution in [2.45, 2.75) is 70.4 Å². The third-order valence-corrected chi connectivity index (χ3v) is 7.29. The van der Waals surface area contributed by atoms with E-state index in [4.69, 9.17) is 10.5 Å². The number of rotatable bonds is 17. The summed E-state index contributed by atoms with van der Waals surface area (Å²) in [6.07, 6.45) is -0.991. The summed E-state index contributed by atoms with van der Waals surface area (Å²) < 4.78 is 5.20. The number of nitrogens with two attached hydrogens (primary N) is 1. The third-order valence-electron chi connectivity index (χ3n) is 7.29. The number of amides is 5. The van der Waals surface area contributed by atoms with Crippen molar-refractivity contribution in [2.75, 3.05) is 13.1 Å². The van der Waals surface area contributed by atoms with Gasteiger partial charge in [0.05, 0.1) is 6.04 Å². The maximum Gasteiger partial charge on any atom is 0.325 e. The van der Waals surface area contributed by atoms with Crippen molar-refractivity contribution >= 4 is 35.5 Å². The number of nitrogens with one attached hydrogen (secondary N) is 4. The Morgan fingerprint density at radius 3 is 2.04 bits per heavy atom. The number of hydrogen-bond acceptors (Lipinski definition) is 8. The molecule has 5 amide bonds. The topological polar surface area (TPSA) is 213 Å². The lowest BCUT2D eigenvalue weighted by atomic mass is 10.0. The Morgan fingerprint density at radius 2 is 1.48 bits per heavy atom. The van der Waals surface area contributed by atoms with E-state index in [2.05, 4.69) is 21.4 Å². The van der Waals surface area contributed by atoms with Crippen LogP contribution in [-0.4, -0.2) is 89.0 Å². The van der Waals surface area contributed by atoms with Gasteiger partial charge in [-0.25, -0.2) is 5.01 Å². The maximum atomic E-state index is 13.0. The van der Waals surface area contributed by atoms with Crippen molar-refractivity contribution in [3.05, 3.63) is 71.8 Å². The first-order chi connectivity index (χ1) is 21.9. The van der Waals surface area contributed by atoms with Crippen LogP contribution < -0.4 is 27.1 Å². The predicted molar refractivity (Wildman–Crippen MR) is 166 cm³/mol. The molecule has 0 unspecified atom stereocenters. The number of hydrazine groups is 1. The molecule has 0 aliphatic carbocycles. The number of carboxylic acid groups (broad SMARTS) is 1. The van der Waals surface area contributed by atoms with Gasteiger partial charge in [0.25, 0.3) is 17.7 Å². The van der Waals surface area contributed by atoms with Crippen LogP contribution in [0.4, 0.5) is 0 Å². The summed E-state index contributed by atoms with van der Waals surface area (Å²) in [6.45, 7) is 4.75. The lowest BCUT2D eigenvalue weighted by molar-refractivity contribution is -0.151. The molecule has 7 N–H and O–H groups in total. The highest BCUT2D eigenvalue weighted by Gasteiger charge is 2.53. The Balaban J connectivity index is 1.53. The molecule has 14 nitrogen and oxygen atoms in total. The largest absolute Gasteiger partial charge is 0.480 e. The van der Waals surface area contributed by atoms with Crippen molar-refractivity contribution in [3.8, 4) is 0 Å². The Kier molecular flexibility index (Phi) is 13.2. The second-order valence-corrected chi connectivity index (χ2v) is 11.4. The van der Waals surface area contributed by atoms with Crippen molar-refractivity contribution in [3.63, 3.8) is 0 Å². The second kappa shape index (κ2) is 17.0. The molecule has 14 heteroatoms. The number of aliphatic carboxylic acids is 1. The highest BCUT2D eigenvalue weighted by atomic mass is 16.6. The zero-order valence-electron chi connectivity index (χ0n) is 26.1. The lowest BCUT2D eigenvalue weighted by Crippen LogP contribution is -2.58. The quantitative estimate of drug-likeness (QED) is 0.0759. The fourth-order valence-electron chi connectivity index (χ4n) is 4.71. The van der Waals surface area contributed by atoms with Gasteiger partial charge in [0.2, 0.25) is 11.8 Å². The standard InChI is InChI=1S/C32H42N6O8/c1-19(2)25(34-16-10-15-21-11-6-4-7-12-21)30(43)35-20(3)29(42)37-38(18-24(39)40)32(45)27-26(46-27)31(44)36-23(28(33)41)17-22-13-8-5-9-14-22/h4-9,11-14,19-20,23,25-27,34H,10,15-18H2,1-3H3,(H2,33,41)(H,35,43)(H,36,44)(H,37,42)(H,39,40)/t20-,23-,25-,26+,27+/m0/s1. The van der Waals surface area contributed by atoms with Gasteiger partial charge in [-0.2, -0.15) is 0 Å². The molecule has 0 aromatic heterocycles. The van der Waals surface area contributed by atoms with E-state index >= 15 is 0 Å². The van der Waals surface area contributed by atoms with E-state index in [1.807, 2.05) is 44.2 Å². The van der Waals surface area contributed by atoms with Gasteiger partial charge in [-0.15, -0.1) is 0 Å². The zero-order valence-corrected chi connectivity index (χ0v) is 26.1. The van der Waals surface area contributed by atoms with Crippen LogP contribution in [-0.2, 0) is 46.3 Å². The molecular formula is C32H42N6O8. The molecule has 1 aliphatic heterocycles. The molecule has 46 heavy (non-hydrogen) atoms. The molecule has 2 aromatic rings. The Morgan fingerprint density at radius 1 is 0.870 bits per heavy atom. The van der Waals surface area contributed by atoms with E-state index < -0.39 is 72.4 Å². The number of carboxylic acids is 1. The number of carbonyl (C=O) groups excluding carboxylic acids is 5. The number of aryl methyl sites for hydroxylation is 1. The van der Waals surface area contributed by atoms with E-state index in [-0.39, 0.29) is 12.3 Å². The van der Waals surface area contributed by atoms with Crippen LogP contribution >= 0.6 is 0 Å². The molecular weight excluding hydrogens is 596 g/mol. The van der Waals surface area contributed by atoms with Gasteiger partial charge in [-0.3, -0.25) is 34.2 Å². The maximum absolute atomic E-state index is 13.0. The Hall–Kier alpha value is -4.82. The molecule has 248 valence electrons. The van der Waals surface area contributed by atoms with Crippen molar-refractivity contribution in [1.29, 1.82) is 0 Å². The first-order valence-corrected chi connectivity index (χ1v) is 15.1. The monoisotopic (exact) mass is 638 g/mol. The third kappa shape index (κ3) is 11.0. The number of nitrogens with zero attached hydrogens (tertiary/aromatic N) is 1. The molecule has 3 rings (SSSR count). The molecule has 1 saturated heterocycles. The fraction of sp³-hybridized carbons (Fsp3) is 0.438. The average Bonchev–Trinajstić information content (AvgIpc) is 3.81. The van der Waals surface area contributed by atoms with Crippen LogP contribution in [0, 0.1) is 5.92 Å². The number of epoxide rings is 1. The second-order valence-electron chi connectivity index (χ2n) is 11.4. The Bertz CT molecular complexity index is 1370. The summed E-state index contributed by atoms with van der Waals surface area (Å²) in [5.74, 6) is -5.41. The molecule has 1 fully saturated rings. The van der Waals surface area contributed by atoms with E-state index in [1.54, 1.807) is 30.3 Å². The number of carbonyl (C=O) groups is 6. The average molecular weight is 639 g/mol. The minimum atomic E-state index is -1.44. The number of primary amides is 1. The van der Waals surface area contributed by atoms with Crippen molar-refractivity contribution in [2.24, 2.45) is 11.7 Å². The first kappa shape index (κ1) is 35.7. The van der Waals surface area contributed by atoms with Crippen LogP contribution in [0.5, 0.6) is 0 Å². The molecule has 0 saturated carbocycles. The van der Waals surface area contributed by atoms with Crippen LogP contribution in [0.3, 0.4) is 0 Å². The van der Waals surface area contributed by atoms with Gasteiger partial charge in [-0.05, 0) is 43.4 Å². The van der Waals surface area contributed by atoms with Crippen LogP contribution in [0.1, 0.15) is 38.3 Å². The van der Waals surface area contributed by atoms with Gasteiger partial charge in [0.1, 0.15) is 18.6 Å². The van der Waals surface area contributed by atoms with Crippen LogP contribution in [0.15, 0.2) is 60.7 Å². The van der Waals surface area contributed by atoms with Crippen LogP contribution in [0.25, 0.3) is 0 Å². The summed E-state index contributed by atoms with van der Waals surface area (Å²) >= 11 is 0. The number of benzene rings is 2. The predicted octanol–water partition coefficient (Wildman–Crippen LogP) is -0.337. The van der Waals surface area contributed by atoms with Gasteiger partial charge >= 0.3 is 5.97 Å². The summed E-state index contributed by atoms with van der Waals surface area (Å²) in [6, 6.07) is 15.9. The van der Waals surface area contributed by atoms with E-state index in [0.717, 1.165) is 18.4 Å². The van der Waals surface area contributed by atoms with Gasteiger partial charge in [-0.1, -0.05) is 74.5 Å². The summed E-state index contributed by atoms with van der Waals surface area (Å²) in [5, 5.41) is 18.1. The molecule has 0 bridgehead atoms. The lowest BCUT2D eigenvalue weighted by Gasteiger charge is -2.26. The molecule has 2 aromatic carbocycles. The number of ether oxygens (including phenoxy) is 1. The zero-order chi connectivity index (χ0) is 33.8. The molecule has 0 radical (unpaired) electrons. The van der Waals surface area contributed by atoms with Gasteiger partial charge in [0.15, 0.2) is 12.2 Å². The fourth-order valence-corrected chi connectivity index (χ4v) is 4.71. The van der Waals surface area contributed by atoms with E-state index in [0.29, 0.717) is 11.6 Å². The van der Waals surface area contributed by atoms with E-state index in [1.165, 1.54) is 12.5 Å². The first-order valence-electron chi connectivity index (χ1n) is 15.1.